The van der Waals surface area contributed by atoms with Gasteiger partial charge in [-0.2, -0.15) is 0 Å². The van der Waals surface area contributed by atoms with Crippen molar-refractivity contribution in [2.24, 2.45) is 0 Å². The topological polar surface area (TPSA) is 55.1 Å². The van der Waals surface area contributed by atoms with Crippen LogP contribution in [0.1, 0.15) is 41.1 Å². The standard InChI is InChI=1S/C12H16N2O2/c1-4-5-6-7-8-13-12(15)11-9(2)14-16-10(11)3/h1H,5-8H2,2-3H3,(H,13,15). The zero-order valence-corrected chi connectivity index (χ0v) is 9.67. The highest BCUT2D eigenvalue weighted by atomic mass is 16.5. The van der Waals surface area contributed by atoms with Crippen molar-refractivity contribution in [3.05, 3.63) is 17.0 Å². The van der Waals surface area contributed by atoms with Crippen LogP contribution in [-0.2, 0) is 0 Å². The molecule has 0 aromatic carbocycles. The maximum atomic E-state index is 11.7. The Labute approximate surface area is 95.4 Å². The number of nitrogens with zero attached hydrogens (tertiary/aromatic N) is 1. The molecule has 0 fully saturated rings. The third-order valence-corrected chi connectivity index (χ3v) is 2.29. The van der Waals surface area contributed by atoms with Gasteiger partial charge < -0.3 is 9.84 Å². The zero-order chi connectivity index (χ0) is 12.0. The van der Waals surface area contributed by atoms with Crippen LogP contribution in [0.2, 0.25) is 0 Å². The molecule has 0 saturated carbocycles. The van der Waals surface area contributed by atoms with E-state index < -0.39 is 0 Å². The Morgan fingerprint density at radius 2 is 2.25 bits per heavy atom. The molecule has 0 atom stereocenters. The molecule has 1 heterocycles. The Kier molecular flexibility index (Phi) is 4.59. The molecule has 1 N–H and O–H groups in total. The number of hydrogen-bond acceptors (Lipinski definition) is 3. The zero-order valence-electron chi connectivity index (χ0n) is 9.67. The summed E-state index contributed by atoms with van der Waals surface area (Å²) in [5.74, 6) is 2.99. The number of amides is 1. The van der Waals surface area contributed by atoms with E-state index >= 15 is 0 Å². The highest BCUT2D eigenvalue weighted by Crippen LogP contribution is 2.11. The van der Waals surface area contributed by atoms with Crippen molar-refractivity contribution in [1.82, 2.24) is 10.5 Å². The highest BCUT2D eigenvalue weighted by Gasteiger charge is 2.16. The largest absolute Gasteiger partial charge is 0.361 e. The van der Waals surface area contributed by atoms with Gasteiger partial charge in [0.2, 0.25) is 0 Å². The Morgan fingerprint density at radius 1 is 1.50 bits per heavy atom. The van der Waals surface area contributed by atoms with E-state index in [1.54, 1.807) is 13.8 Å². The summed E-state index contributed by atoms with van der Waals surface area (Å²) in [6.07, 6.45) is 7.70. The average Bonchev–Trinajstić information content (AvgIpc) is 2.58. The van der Waals surface area contributed by atoms with Crippen LogP contribution in [0.4, 0.5) is 0 Å². The first-order valence-electron chi connectivity index (χ1n) is 5.31. The van der Waals surface area contributed by atoms with Crippen LogP contribution in [0.3, 0.4) is 0 Å². The summed E-state index contributed by atoms with van der Waals surface area (Å²) in [6.45, 7) is 4.11. The second-order valence-electron chi connectivity index (χ2n) is 3.62. The molecule has 0 aliphatic rings. The lowest BCUT2D eigenvalue weighted by Gasteiger charge is -2.03. The third kappa shape index (κ3) is 3.13. The Hall–Kier alpha value is -1.76. The van der Waals surface area contributed by atoms with Crippen LogP contribution in [0, 0.1) is 26.2 Å². The molecule has 0 saturated heterocycles. The first-order chi connectivity index (χ1) is 7.66. The van der Waals surface area contributed by atoms with E-state index in [4.69, 9.17) is 10.9 Å². The number of nitrogens with one attached hydrogen (secondary N) is 1. The summed E-state index contributed by atoms with van der Waals surface area (Å²) >= 11 is 0. The molecule has 0 aliphatic heterocycles. The van der Waals surface area contributed by atoms with Gasteiger partial charge in [0.15, 0.2) is 0 Å². The quantitative estimate of drug-likeness (QED) is 0.608. The Morgan fingerprint density at radius 3 is 2.81 bits per heavy atom. The van der Waals surface area contributed by atoms with E-state index in [1.165, 1.54) is 0 Å². The van der Waals surface area contributed by atoms with E-state index in [2.05, 4.69) is 16.4 Å². The van der Waals surface area contributed by atoms with E-state index in [-0.39, 0.29) is 5.91 Å². The number of carbonyl (C=O) groups excluding carboxylic acids is 1. The van der Waals surface area contributed by atoms with Crippen molar-refractivity contribution in [1.29, 1.82) is 0 Å². The molecule has 0 unspecified atom stereocenters. The molecule has 4 nitrogen and oxygen atoms in total. The van der Waals surface area contributed by atoms with Crippen molar-refractivity contribution < 1.29 is 9.32 Å². The molecule has 0 bridgehead atoms. The van der Waals surface area contributed by atoms with Gasteiger partial charge in [0.1, 0.15) is 11.3 Å². The summed E-state index contributed by atoms with van der Waals surface area (Å²) in [6, 6.07) is 0. The predicted octanol–water partition coefficient (Wildman–Crippen LogP) is 1.82. The van der Waals surface area contributed by atoms with Crippen molar-refractivity contribution in [3.63, 3.8) is 0 Å². The minimum atomic E-state index is -0.128. The molecule has 16 heavy (non-hydrogen) atoms. The average molecular weight is 220 g/mol. The monoisotopic (exact) mass is 220 g/mol. The maximum Gasteiger partial charge on any atom is 0.256 e. The van der Waals surface area contributed by atoms with E-state index in [1.807, 2.05) is 0 Å². The van der Waals surface area contributed by atoms with Crippen molar-refractivity contribution in [2.75, 3.05) is 6.54 Å². The SMILES string of the molecule is C#CCCCCNC(=O)c1c(C)noc1C. The van der Waals surface area contributed by atoms with Crippen LogP contribution in [0.5, 0.6) is 0 Å². The lowest BCUT2D eigenvalue weighted by molar-refractivity contribution is 0.0951. The van der Waals surface area contributed by atoms with Gasteiger partial charge in [0.05, 0.1) is 5.69 Å². The van der Waals surface area contributed by atoms with Gasteiger partial charge in [0.25, 0.3) is 5.91 Å². The fourth-order valence-corrected chi connectivity index (χ4v) is 1.45. The smallest absolute Gasteiger partial charge is 0.256 e. The summed E-state index contributed by atoms with van der Waals surface area (Å²) < 4.78 is 4.92. The normalized spacial score (nSPS) is 9.81. The summed E-state index contributed by atoms with van der Waals surface area (Å²) in [7, 11) is 0. The van der Waals surface area contributed by atoms with Crippen molar-refractivity contribution in [3.8, 4) is 12.3 Å². The number of aryl methyl sites for hydroxylation is 2. The molecular weight excluding hydrogens is 204 g/mol. The molecule has 1 aromatic rings. The van der Waals surface area contributed by atoms with E-state index in [0.29, 0.717) is 23.6 Å². The van der Waals surface area contributed by atoms with Gasteiger partial charge in [-0.15, -0.1) is 12.3 Å². The molecule has 4 heteroatoms. The molecule has 1 rings (SSSR count). The van der Waals surface area contributed by atoms with Crippen LogP contribution in [0.25, 0.3) is 0 Å². The third-order valence-electron chi connectivity index (χ3n) is 2.29. The predicted molar refractivity (Wildman–Crippen MR) is 61.0 cm³/mol. The van der Waals surface area contributed by atoms with Crippen molar-refractivity contribution >= 4 is 5.91 Å². The molecule has 0 radical (unpaired) electrons. The van der Waals surface area contributed by atoms with Crippen LogP contribution < -0.4 is 5.32 Å². The fraction of sp³-hybridized carbons (Fsp3) is 0.500. The summed E-state index contributed by atoms with van der Waals surface area (Å²) in [5, 5.41) is 6.55. The molecule has 0 aliphatic carbocycles. The Bertz CT molecular complexity index is 382. The van der Waals surface area contributed by atoms with Gasteiger partial charge >= 0.3 is 0 Å². The molecule has 1 amide bonds. The fourth-order valence-electron chi connectivity index (χ4n) is 1.45. The van der Waals surface area contributed by atoms with Crippen LogP contribution in [-0.4, -0.2) is 17.6 Å². The first kappa shape index (κ1) is 12.3. The van der Waals surface area contributed by atoms with Crippen molar-refractivity contribution in [2.45, 2.75) is 33.1 Å². The van der Waals surface area contributed by atoms with Gasteiger partial charge in [-0.1, -0.05) is 5.16 Å². The number of aromatic nitrogens is 1. The highest BCUT2D eigenvalue weighted by molar-refractivity contribution is 5.95. The minimum Gasteiger partial charge on any atom is -0.361 e. The maximum absolute atomic E-state index is 11.7. The number of carbonyl (C=O) groups is 1. The Balaban J connectivity index is 2.39. The van der Waals surface area contributed by atoms with Crippen LogP contribution >= 0.6 is 0 Å². The van der Waals surface area contributed by atoms with Gasteiger partial charge in [0, 0.05) is 13.0 Å². The number of hydrogen-bond donors (Lipinski definition) is 1. The van der Waals surface area contributed by atoms with Gasteiger partial charge in [-0.05, 0) is 26.7 Å². The van der Waals surface area contributed by atoms with E-state index in [9.17, 15) is 4.79 Å². The molecule has 1 aromatic heterocycles. The second-order valence-corrected chi connectivity index (χ2v) is 3.62. The molecule has 86 valence electrons. The van der Waals surface area contributed by atoms with Gasteiger partial charge in [-0.25, -0.2) is 0 Å². The van der Waals surface area contributed by atoms with Gasteiger partial charge in [-0.3, -0.25) is 4.79 Å². The van der Waals surface area contributed by atoms with Crippen LogP contribution in [0.15, 0.2) is 4.52 Å². The summed E-state index contributed by atoms with van der Waals surface area (Å²) in [4.78, 5) is 11.7. The second kappa shape index (κ2) is 5.96. The molecule has 0 spiro atoms. The first-order valence-corrected chi connectivity index (χ1v) is 5.31. The number of rotatable bonds is 5. The molecular formula is C12H16N2O2. The minimum absolute atomic E-state index is 0.128. The van der Waals surface area contributed by atoms with E-state index in [0.717, 1.165) is 19.3 Å². The lowest BCUT2D eigenvalue weighted by Crippen LogP contribution is -2.25. The number of terminal acetylenes is 1. The lowest BCUT2D eigenvalue weighted by atomic mass is 10.2. The number of unbranched alkanes of at least 4 members (excludes halogenated alkanes) is 2. The summed E-state index contributed by atoms with van der Waals surface area (Å²) in [5.41, 5.74) is 1.16.